The predicted octanol–water partition coefficient (Wildman–Crippen LogP) is 4.48. The number of aryl methyl sites for hydroxylation is 1. The zero-order chi connectivity index (χ0) is 27.4. The van der Waals surface area contributed by atoms with E-state index in [-0.39, 0.29) is 40.0 Å². The summed E-state index contributed by atoms with van der Waals surface area (Å²) in [4.78, 5) is 39.8. The molecule has 1 unspecified atom stereocenters. The van der Waals surface area contributed by atoms with Crippen LogP contribution in [0.3, 0.4) is 0 Å². The molecule has 1 N–H and O–H groups in total. The van der Waals surface area contributed by atoms with E-state index >= 15 is 0 Å². The van der Waals surface area contributed by atoms with E-state index < -0.39 is 17.3 Å². The second-order valence-electron chi connectivity index (χ2n) is 9.34. The number of rotatable bonds is 4. The fourth-order valence-corrected chi connectivity index (χ4v) is 5.21. The van der Waals surface area contributed by atoms with Gasteiger partial charge in [-0.2, -0.15) is 0 Å². The lowest BCUT2D eigenvalue weighted by atomic mass is 9.85. The monoisotopic (exact) mass is 525 g/mol. The van der Waals surface area contributed by atoms with E-state index in [9.17, 15) is 19.5 Å². The standard InChI is InChI=1S/C30H23NO8/c1-31-22-11-18(37-3)9-6-16(22)10-20(30(31)35)19-12-25(33)39-24-13-23(32)27-28(34)21(14-38-29(27)26(19)24)15-4-7-17(36-2)8-5-15/h4-11,13-14,19,32H,12H2,1-3H3. The number of aromatic nitrogens is 1. The molecular formula is C30H23NO8. The van der Waals surface area contributed by atoms with Gasteiger partial charge in [0.1, 0.15) is 40.2 Å². The largest absolute Gasteiger partial charge is 0.507 e. The highest BCUT2D eigenvalue weighted by Gasteiger charge is 2.35. The first-order chi connectivity index (χ1) is 18.8. The van der Waals surface area contributed by atoms with Crippen LogP contribution in [0, 0.1) is 0 Å². The molecule has 0 bridgehead atoms. The Kier molecular flexibility index (Phi) is 5.64. The number of methoxy groups -OCH3 is 2. The molecule has 39 heavy (non-hydrogen) atoms. The van der Waals surface area contributed by atoms with Gasteiger partial charge in [0.15, 0.2) is 0 Å². The Morgan fingerprint density at radius 1 is 0.949 bits per heavy atom. The number of ether oxygens (including phenoxy) is 3. The number of carbonyl (C=O) groups excluding carboxylic acids is 1. The van der Waals surface area contributed by atoms with Crippen LogP contribution >= 0.6 is 0 Å². The summed E-state index contributed by atoms with van der Waals surface area (Å²) in [5.74, 6) is -0.461. The van der Waals surface area contributed by atoms with Crippen LogP contribution in [0.2, 0.25) is 0 Å². The van der Waals surface area contributed by atoms with Crippen molar-refractivity contribution in [3.63, 3.8) is 0 Å². The lowest BCUT2D eigenvalue weighted by Gasteiger charge is -2.26. The topological polar surface area (TPSA) is 117 Å². The molecule has 196 valence electrons. The van der Waals surface area contributed by atoms with E-state index in [0.29, 0.717) is 33.7 Å². The zero-order valence-electron chi connectivity index (χ0n) is 21.3. The van der Waals surface area contributed by atoms with Crippen LogP contribution in [-0.2, 0) is 11.8 Å². The Balaban J connectivity index is 1.59. The maximum absolute atomic E-state index is 13.6. The highest BCUT2D eigenvalue weighted by molar-refractivity contribution is 5.94. The number of benzene rings is 3. The van der Waals surface area contributed by atoms with Crippen LogP contribution in [0.15, 0.2) is 74.9 Å². The molecule has 0 spiro atoms. The van der Waals surface area contributed by atoms with Crippen molar-refractivity contribution in [3.05, 3.63) is 92.6 Å². The number of phenols is 1. The summed E-state index contributed by atoms with van der Waals surface area (Å²) in [5, 5.41) is 11.5. The van der Waals surface area contributed by atoms with E-state index in [0.717, 1.165) is 5.39 Å². The molecule has 2 aromatic heterocycles. The highest BCUT2D eigenvalue weighted by atomic mass is 16.5. The molecule has 6 rings (SSSR count). The van der Waals surface area contributed by atoms with Crippen LogP contribution in [0.5, 0.6) is 23.0 Å². The van der Waals surface area contributed by atoms with E-state index in [2.05, 4.69) is 0 Å². The third-order valence-corrected chi connectivity index (χ3v) is 7.21. The Labute approximate surface area is 221 Å². The number of phenolic OH excluding ortho intramolecular Hbond substituents is 1. The number of pyridine rings is 1. The minimum absolute atomic E-state index is 0.0403. The number of aromatic hydroxyl groups is 1. The number of hydrogen-bond donors (Lipinski definition) is 1. The third-order valence-electron chi connectivity index (χ3n) is 7.21. The van der Waals surface area contributed by atoms with Crippen LogP contribution in [0.25, 0.3) is 33.0 Å². The van der Waals surface area contributed by atoms with Crippen molar-refractivity contribution >= 4 is 27.8 Å². The average molecular weight is 526 g/mol. The van der Waals surface area contributed by atoms with Gasteiger partial charge in [0, 0.05) is 36.2 Å². The first-order valence-electron chi connectivity index (χ1n) is 12.1. The van der Waals surface area contributed by atoms with Gasteiger partial charge in [0.05, 0.1) is 31.7 Å². The molecule has 1 aliphatic rings. The molecular weight excluding hydrogens is 502 g/mol. The molecule has 0 saturated carbocycles. The third kappa shape index (κ3) is 3.82. The summed E-state index contributed by atoms with van der Waals surface area (Å²) in [5.41, 5.74) is 1.43. The highest BCUT2D eigenvalue weighted by Crippen LogP contribution is 2.45. The van der Waals surface area contributed by atoms with Gasteiger partial charge in [-0.3, -0.25) is 14.4 Å². The average Bonchev–Trinajstić information content (AvgIpc) is 2.94. The normalized spacial score (nSPS) is 14.7. The quantitative estimate of drug-likeness (QED) is 0.270. The minimum Gasteiger partial charge on any atom is -0.507 e. The van der Waals surface area contributed by atoms with Crippen molar-refractivity contribution in [2.75, 3.05) is 14.2 Å². The predicted molar refractivity (Wildman–Crippen MR) is 144 cm³/mol. The Morgan fingerprint density at radius 3 is 2.38 bits per heavy atom. The fraction of sp³-hybridized carbons (Fsp3) is 0.167. The first kappa shape index (κ1) is 24.3. The van der Waals surface area contributed by atoms with Gasteiger partial charge in [0.25, 0.3) is 5.56 Å². The number of carbonyl (C=O) groups is 1. The van der Waals surface area contributed by atoms with E-state index in [1.54, 1.807) is 63.7 Å². The number of esters is 1. The molecule has 9 nitrogen and oxygen atoms in total. The van der Waals surface area contributed by atoms with Gasteiger partial charge in [-0.25, -0.2) is 0 Å². The summed E-state index contributed by atoms with van der Waals surface area (Å²) in [6, 6.07) is 15.2. The summed E-state index contributed by atoms with van der Waals surface area (Å²) in [7, 11) is 4.74. The SMILES string of the molecule is COc1ccc(-c2coc3c4c(cc(O)c3c2=O)OC(=O)CC4c2cc3ccc(OC)cc3n(C)c2=O)cc1. The van der Waals surface area contributed by atoms with Crippen molar-refractivity contribution in [2.24, 2.45) is 7.05 Å². The van der Waals surface area contributed by atoms with Crippen molar-refractivity contribution in [1.82, 2.24) is 4.57 Å². The molecule has 0 amide bonds. The van der Waals surface area contributed by atoms with Gasteiger partial charge >= 0.3 is 5.97 Å². The first-order valence-corrected chi connectivity index (χ1v) is 12.1. The molecule has 0 aliphatic carbocycles. The molecule has 0 saturated heterocycles. The van der Waals surface area contributed by atoms with E-state index in [4.69, 9.17) is 18.6 Å². The summed E-state index contributed by atoms with van der Waals surface area (Å²) < 4.78 is 23.4. The molecule has 3 aromatic carbocycles. The van der Waals surface area contributed by atoms with E-state index in [1.165, 1.54) is 16.9 Å². The van der Waals surface area contributed by atoms with Crippen molar-refractivity contribution < 1.29 is 28.5 Å². The summed E-state index contributed by atoms with van der Waals surface area (Å²) in [6.07, 6.45) is 1.16. The van der Waals surface area contributed by atoms with E-state index in [1.807, 2.05) is 6.07 Å². The lowest BCUT2D eigenvalue weighted by Crippen LogP contribution is -2.29. The maximum Gasteiger partial charge on any atom is 0.312 e. The summed E-state index contributed by atoms with van der Waals surface area (Å²) >= 11 is 0. The molecule has 0 radical (unpaired) electrons. The second kappa shape index (κ2) is 9.05. The molecule has 1 atom stereocenters. The van der Waals surface area contributed by atoms with Gasteiger partial charge in [-0.1, -0.05) is 12.1 Å². The van der Waals surface area contributed by atoms with Crippen LogP contribution in [0.4, 0.5) is 0 Å². The van der Waals surface area contributed by atoms with Crippen LogP contribution < -0.4 is 25.2 Å². The smallest absolute Gasteiger partial charge is 0.312 e. The number of fused-ring (bicyclic) bond motifs is 4. The minimum atomic E-state index is -0.774. The second-order valence-corrected chi connectivity index (χ2v) is 9.34. The van der Waals surface area contributed by atoms with Gasteiger partial charge in [-0.15, -0.1) is 0 Å². The van der Waals surface area contributed by atoms with Crippen molar-refractivity contribution in [1.29, 1.82) is 0 Å². The number of nitrogens with zero attached hydrogens (tertiary/aromatic N) is 1. The lowest BCUT2D eigenvalue weighted by molar-refractivity contribution is -0.135. The van der Waals surface area contributed by atoms with Crippen LogP contribution in [-0.4, -0.2) is 29.9 Å². The van der Waals surface area contributed by atoms with Gasteiger partial charge in [-0.05, 0) is 41.3 Å². The van der Waals surface area contributed by atoms with Crippen molar-refractivity contribution in [2.45, 2.75) is 12.3 Å². The fourth-order valence-electron chi connectivity index (χ4n) is 5.21. The molecule has 3 heterocycles. The molecule has 1 aliphatic heterocycles. The Hall–Kier alpha value is -5.05. The van der Waals surface area contributed by atoms with Crippen LogP contribution in [0.1, 0.15) is 23.5 Å². The molecule has 9 heteroatoms. The molecule has 5 aromatic rings. The van der Waals surface area contributed by atoms with Crippen molar-refractivity contribution in [3.8, 4) is 34.1 Å². The zero-order valence-corrected chi connectivity index (χ0v) is 21.3. The van der Waals surface area contributed by atoms with Gasteiger partial charge < -0.3 is 28.3 Å². The maximum atomic E-state index is 13.6. The Bertz CT molecular complexity index is 1920. The Morgan fingerprint density at radius 2 is 1.67 bits per heavy atom. The number of hydrogen-bond acceptors (Lipinski definition) is 8. The molecule has 0 fully saturated rings. The van der Waals surface area contributed by atoms with Gasteiger partial charge in [0.2, 0.25) is 5.43 Å². The summed E-state index contributed by atoms with van der Waals surface area (Å²) in [6.45, 7) is 0.